The molecule has 0 radical (unpaired) electrons. The van der Waals surface area contributed by atoms with Gasteiger partial charge in [-0.05, 0) is 66.8 Å². The number of aromatic nitrogens is 2. The smallest absolute Gasteiger partial charge is 0.305 e. The Hall–Kier alpha value is -2.57. The minimum absolute atomic E-state index is 0.0604. The Labute approximate surface area is 172 Å². The van der Waals surface area contributed by atoms with Crippen molar-refractivity contribution in [2.45, 2.75) is 36.1 Å². The highest BCUT2D eigenvalue weighted by Gasteiger charge is 2.29. The number of nitrogens with zero attached hydrogens (tertiary/aromatic N) is 2. The van der Waals surface area contributed by atoms with E-state index in [4.69, 9.17) is 0 Å². The zero-order chi connectivity index (χ0) is 20.6. The Morgan fingerprint density at radius 2 is 1.97 bits per heavy atom. The maximum Gasteiger partial charge on any atom is 0.446 e. The molecule has 2 aromatic heterocycles. The molecule has 1 N–H and O–H groups in total. The summed E-state index contributed by atoms with van der Waals surface area (Å²) in [7, 11) is 0. The van der Waals surface area contributed by atoms with Gasteiger partial charge < -0.3 is 4.98 Å². The molecule has 0 saturated heterocycles. The van der Waals surface area contributed by atoms with Crippen molar-refractivity contribution in [2.75, 3.05) is 0 Å². The number of halogens is 3. The summed E-state index contributed by atoms with van der Waals surface area (Å²) < 4.78 is 37.3. The Bertz CT molecular complexity index is 1200. The van der Waals surface area contributed by atoms with Gasteiger partial charge >= 0.3 is 5.51 Å². The van der Waals surface area contributed by atoms with Crippen molar-refractivity contribution >= 4 is 45.0 Å². The van der Waals surface area contributed by atoms with Crippen molar-refractivity contribution in [2.24, 2.45) is 0 Å². The molecule has 9 heteroatoms. The number of benzene rings is 1. The molecule has 3 aromatic rings. The van der Waals surface area contributed by atoms with E-state index in [0.29, 0.717) is 15.8 Å². The maximum atomic E-state index is 12.6. The van der Waals surface area contributed by atoms with Crippen LogP contribution in [0.5, 0.6) is 0 Å². The number of fused-ring (bicyclic) bond motifs is 3. The number of nitrogens with one attached hydrogen (secondary N) is 1. The molecule has 0 aliphatic heterocycles. The van der Waals surface area contributed by atoms with E-state index in [9.17, 15) is 23.2 Å². The van der Waals surface area contributed by atoms with E-state index >= 15 is 0 Å². The molecule has 1 aromatic carbocycles. The van der Waals surface area contributed by atoms with Gasteiger partial charge in [0.2, 0.25) is 0 Å². The second-order valence-electron chi connectivity index (χ2n) is 6.59. The summed E-state index contributed by atoms with van der Waals surface area (Å²) >= 11 is 1.30. The minimum atomic E-state index is -4.35. The fourth-order valence-corrected chi connectivity index (χ4v) is 5.18. The molecule has 0 unspecified atom stereocenters. The van der Waals surface area contributed by atoms with Crippen LogP contribution in [0.4, 0.5) is 13.2 Å². The van der Waals surface area contributed by atoms with Crippen molar-refractivity contribution in [1.82, 2.24) is 9.97 Å². The number of aryl methyl sites for hydroxylation is 2. The first-order valence-electron chi connectivity index (χ1n) is 8.86. The zero-order valence-electron chi connectivity index (χ0n) is 15.0. The number of thioether (sulfide) groups is 1. The fraction of sp³-hybridized carbons (Fsp3) is 0.250. The monoisotopic (exact) mass is 433 g/mol. The molecule has 0 fully saturated rings. The average Bonchev–Trinajstić information content (AvgIpc) is 3.05. The lowest BCUT2D eigenvalue weighted by atomic mass is 9.97. The van der Waals surface area contributed by atoms with Crippen molar-refractivity contribution in [3.05, 3.63) is 56.4 Å². The van der Waals surface area contributed by atoms with Gasteiger partial charge in [-0.1, -0.05) is 12.1 Å². The summed E-state index contributed by atoms with van der Waals surface area (Å²) in [6, 6.07) is 7.68. The van der Waals surface area contributed by atoms with E-state index in [-0.39, 0.29) is 33.6 Å². The predicted molar refractivity (Wildman–Crippen MR) is 109 cm³/mol. The molecule has 1 aliphatic rings. The summed E-state index contributed by atoms with van der Waals surface area (Å²) in [4.78, 5) is 21.7. The fourth-order valence-electron chi connectivity index (χ4n) is 3.38. The Kier molecular flexibility index (Phi) is 5.23. The van der Waals surface area contributed by atoms with Crippen LogP contribution in [0.25, 0.3) is 21.9 Å². The van der Waals surface area contributed by atoms with Crippen LogP contribution in [0.2, 0.25) is 0 Å². The molecular formula is C20H14F3N3OS2. The zero-order valence-corrected chi connectivity index (χ0v) is 16.6. The van der Waals surface area contributed by atoms with Crippen LogP contribution in [0.1, 0.15) is 34.7 Å². The van der Waals surface area contributed by atoms with Crippen LogP contribution in [0.15, 0.2) is 34.0 Å². The Morgan fingerprint density at radius 1 is 1.24 bits per heavy atom. The normalized spacial score (nSPS) is 14.6. The van der Waals surface area contributed by atoms with E-state index in [0.717, 1.165) is 31.2 Å². The van der Waals surface area contributed by atoms with Gasteiger partial charge in [-0.25, -0.2) is 4.98 Å². The van der Waals surface area contributed by atoms with Crippen molar-refractivity contribution < 1.29 is 13.2 Å². The van der Waals surface area contributed by atoms with Gasteiger partial charge in [0.15, 0.2) is 5.82 Å². The van der Waals surface area contributed by atoms with Crippen molar-refractivity contribution in [3.63, 3.8) is 0 Å². The molecule has 1 aliphatic carbocycles. The molecule has 0 saturated carbocycles. The molecule has 148 valence electrons. The summed E-state index contributed by atoms with van der Waals surface area (Å²) in [5.41, 5.74) is -2.86. The van der Waals surface area contributed by atoms with Gasteiger partial charge in [-0.2, -0.15) is 18.4 Å². The topological polar surface area (TPSA) is 69.5 Å². The van der Waals surface area contributed by atoms with E-state index in [1.807, 2.05) is 6.07 Å². The summed E-state index contributed by atoms with van der Waals surface area (Å²) in [5, 5.41) is 10.2. The number of hydrogen-bond acceptors (Lipinski definition) is 5. The first-order valence-corrected chi connectivity index (χ1v) is 10.5. The van der Waals surface area contributed by atoms with Crippen LogP contribution < -0.4 is 5.56 Å². The van der Waals surface area contributed by atoms with Gasteiger partial charge in [-0.3, -0.25) is 4.79 Å². The number of hydrogen-bond donors (Lipinski definition) is 1. The molecule has 4 nitrogen and oxygen atoms in total. The molecule has 0 bridgehead atoms. The molecular weight excluding hydrogens is 419 g/mol. The minimum Gasteiger partial charge on any atom is -0.305 e. The molecule has 0 atom stereocenters. The predicted octanol–water partition coefficient (Wildman–Crippen LogP) is 5.54. The Morgan fingerprint density at radius 3 is 2.66 bits per heavy atom. The van der Waals surface area contributed by atoms with Crippen molar-refractivity contribution in [3.8, 4) is 6.07 Å². The summed E-state index contributed by atoms with van der Waals surface area (Å²) in [6.07, 6.45) is 5.44. The van der Waals surface area contributed by atoms with E-state index in [1.165, 1.54) is 46.6 Å². The number of nitriles is 1. The maximum absolute atomic E-state index is 12.6. The average molecular weight is 433 g/mol. The third kappa shape index (κ3) is 4.23. The van der Waals surface area contributed by atoms with Crippen LogP contribution >= 0.6 is 23.1 Å². The molecule has 4 rings (SSSR count). The molecule has 0 amide bonds. The number of allylic oxidation sites excluding steroid dienone is 1. The number of rotatable bonds is 3. The van der Waals surface area contributed by atoms with Gasteiger partial charge in [-0.15, -0.1) is 11.3 Å². The third-order valence-electron chi connectivity index (χ3n) is 4.63. The SMILES string of the molecule is N#C/C(=C\c1ccc(SC(F)(F)F)cc1)c1nc2sc3c(c2c(=O)[nH]1)CCCC3. The molecule has 29 heavy (non-hydrogen) atoms. The summed E-state index contributed by atoms with van der Waals surface area (Å²) in [6.45, 7) is 0. The van der Waals surface area contributed by atoms with Gasteiger partial charge in [0.25, 0.3) is 5.56 Å². The number of alkyl halides is 3. The summed E-state index contributed by atoms with van der Waals surface area (Å²) in [5.74, 6) is 0.164. The number of thiophene rings is 1. The van der Waals surface area contributed by atoms with E-state index in [2.05, 4.69) is 9.97 Å². The van der Waals surface area contributed by atoms with Crippen LogP contribution in [0.3, 0.4) is 0 Å². The third-order valence-corrected chi connectivity index (χ3v) is 6.55. The first-order chi connectivity index (χ1) is 13.8. The Balaban J connectivity index is 1.70. The quantitative estimate of drug-likeness (QED) is 0.435. The lowest BCUT2D eigenvalue weighted by Gasteiger charge is -2.09. The van der Waals surface area contributed by atoms with E-state index < -0.39 is 5.51 Å². The lowest BCUT2D eigenvalue weighted by Crippen LogP contribution is -2.12. The van der Waals surface area contributed by atoms with Crippen molar-refractivity contribution in [1.29, 1.82) is 5.26 Å². The molecule has 0 spiro atoms. The second kappa shape index (κ2) is 7.69. The first kappa shape index (κ1) is 19.7. The largest absolute Gasteiger partial charge is 0.446 e. The van der Waals surface area contributed by atoms with Gasteiger partial charge in [0.1, 0.15) is 10.9 Å². The standard InChI is InChI=1S/C20H14F3N3OS2/c21-20(22,23)29-13-7-5-11(6-8-13)9-12(10-24)17-25-18(27)16-14-3-1-2-4-15(14)28-19(16)26-17/h5-9H,1-4H2,(H,25,26,27)/b12-9+. The van der Waals surface area contributed by atoms with Crippen LogP contribution in [-0.2, 0) is 12.8 Å². The highest BCUT2D eigenvalue weighted by Crippen LogP contribution is 2.37. The number of H-pyrrole nitrogens is 1. The van der Waals surface area contributed by atoms with Crippen LogP contribution in [-0.4, -0.2) is 15.5 Å². The number of aromatic amines is 1. The van der Waals surface area contributed by atoms with Gasteiger partial charge in [0, 0.05) is 9.77 Å². The van der Waals surface area contributed by atoms with E-state index in [1.54, 1.807) is 0 Å². The second-order valence-corrected chi connectivity index (χ2v) is 8.81. The van der Waals surface area contributed by atoms with Crippen LogP contribution in [0, 0.1) is 11.3 Å². The molecule has 2 heterocycles. The highest BCUT2D eigenvalue weighted by molar-refractivity contribution is 8.00. The van der Waals surface area contributed by atoms with Gasteiger partial charge in [0.05, 0.1) is 11.0 Å². The highest BCUT2D eigenvalue weighted by atomic mass is 32.2. The lowest BCUT2D eigenvalue weighted by molar-refractivity contribution is -0.0328.